The molecule has 32 heavy (non-hydrogen) atoms. The summed E-state index contributed by atoms with van der Waals surface area (Å²) in [5.41, 5.74) is 2.30. The number of aromatic amines is 1. The van der Waals surface area contributed by atoms with E-state index in [-0.39, 0.29) is 17.9 Å². The molecule has 1 aromatic carbocycles. The molecule has 0 saturated carbocycles. The van der Waals surface area contributed by atoms with Gasteiger partial charge in [-0.3, -0.25) is 9.89 Å². The van der Waals surface area contributed by atoms with Crippen molar-refractivity contribution in [3.8, 4) is 28.8 Å². The Labute approximate surface area is 184 Å². The minimum absolute atomic E-state index is 0.0745. The average molecular weight is 433 g/mol. The first-order valence-corrected chi connectivity index (χ1v) is 10.5. The smallest absolute Gasteiger partial charge is 0.275 e. The molecule has 0 spiro atoms. The second-order valence-corrected chi connectivity index (χ2v) is 8.09. The minimum Gasteiger partial charge on any atom is -0.491 e. The summed E-state index contributed by atoms with van der Waals surface area (Å²) in [4.78, 5) is 18.9. The molecular weight excluding hydrogens is 410 g/mol. The van der Waals surface area contributed by atoms with Crippen LogP contribution in [0.3, 0.4) is 0 Å². The van der Waals surface area contributed by atoms with Crippen LogP contribution in [0.15, 0.2) is 57.7 Å². The third-order valence-corrected chi connectivity index (χ3v) is 5.27. The Kier molecular flexibility index (Phi) is 5.22. The number of ether oxygens (including phenoxy) is 1. The van der Waals surface area contributed by atoms with Crippen LogP contribution in [0.5, 0.6) is 5.75 Å². The summed E-state index contributed by atoms with van der Waals surface area (Å²) >= 11 is 0. The summed E-state index contributed by atoms with van der Waals surface area (Å²) in [5.74, 6) is 2.28. The lowest BCUT2D eigenvalue weighted by Crippen LogP contribution is -2.24. The van der Waals surface area contributed by atoms with Gasteiger partial charge in [-0.2, -0.15) is 10.1 Å². The van der Waals surface area contributed by atoms with Gasteiger partial charge in [0.05, 0.1) is 12.4 Å². The van der Waals surface area contributed by atoms with Crippen molar-refractivity contribution in [1.82, 2.24) is 25.2 Å². The Morgan fingerprint density at radius 1 is 1.25 bits per heavy atom. The molecule has 1 aliphatic heterocycles. The van der Waals surface area contributed by atoms with Crippen LogP contribution in [0.1, 0.15) is 37.6 Å². The van der Waals surface area contributed by atoms with Crippen molar-refractivity contribution < 1.29 is 18.5 Å². The van der Waals surface area contributed by atoms with Crippen LogP contribution < -0.4 is 4.74 Å². The van der Waals surface area contributed by atoms with Gasteiger partial charge in [0.2, 0.25) is 5.91 Å². The van der Waals surface area contributed by atoms with Gasteiger partial charge >= 0.3 is 0 Å². The van der Waals surface area contributed by atoms with Crippen molar-refractivity contribution >= 4 is 5.91 Å². The van der Waals surface area contributed by atoms with Gasteiger partial charge in [0.15, 0.2) is 11.6 Å². The molecule has 1 fully saturated rings. The Morgan fingerprint density at radius 2 is 2.09 bits per heavy atom. The molecule has 9 heteroatoms. The topological polar surface area (TPSA) is 110 Å². The average Bonchev–Trinajstić information content (AvgIpc) is 3.56. The number of amides is 1. The maximum atomic E-state index is 12.6. The molecule has 164 valence electrons. The van der Waals surface area contributed by atoms with Crippen LogP contribution in [0, 0.1) is 0 Å². The predicted molar refractivity (Wildman–Crippen MR) is 115 cm³/mol. The molecule has 1 unspecified atom stereocenters. The number of nitrogens with zero attached hydrogens (tertiary/aromatic N) is 4. The van der Waals surface area contributed by atoms with E-state index in [1.165, 1.54) is 0 Å². The zero-order valence-electron chi connectivity index (χ0n) is 17.8. The molecule has 1 atom stereocenters. The van der Waals surface area contributed by atoms with Crippen molar-refractivity contribution in [3.63, 3.8) is 0 Å². The van der Waals surface area contributed by atoms with E-state index in [0.29, 0.717) is 48.4 Å². The Morgan fingerprint density at radius 3 is 2.84 bits per heavy atom. The van der Waals surface area contributed by atoms with E-state index < -0.39 is 0 Å². The third kappa shape index (κ3) is 4.14. The lowest BCUT2D eigenvalue weighted by Gasteiger charge is -2.17. The molecule has 1 N–H and O–H groups in total. The van der Waals surface area contributed by atoms with E-state index in [9.17, 15) is 4.79 Å². The third-order valence-electron chi connectivity index (χ3n) is 5.27. The number of furan rings is 1. The fourth-order valence-electron chi connectivity index (χ4n) is 3.76. The molecule has 3 aromatic heterocycles. The van der Waals surface area contributed by atoms with Gasteiger partial charge in [-0.1, -0.05) is 17.3 Å². The Hall–Kier alpha value is -3.88. The molecule has 0 aliphatic carbocycles. The van der Waals surface area contributed by atoms with E-state index in [1.807, 2.05) is 49.1 Å². The molecule has 1 amide bonds. The molecule has 1 aliphatic rings. The van der Waals surface area contributed by atoms with E-state index in [4.69, 9.17) is 13.7 Å². The van der Waals surface area contributed by atoms with Gasteiger partial charge in [0.25, 0.3) is 5.89 Å². The quantitative estimate of drug-likeness (QED) is 0.469. The molecule has 5 rings (SSSR count). The maximum absolute atomic E-state index is 12.6. The van der Waals surface area contributed by atoms with Crippen molar-refractivity contribution in [2.24, 2.45) is 0 Å². The normalized spacial score (nSPS) is 16.3. The van der Waals surface area contributed by atoms with E-state index >= 15 is 0 Å². The van der Waals surface area contributed by atoms with Crippen LogP contribution in [0.2, 0.25) is 0 Å². The van der Waals surface area contributed by atoms with Crippen LogP contribution in [-0.4, -0.2) is 43.8 Å². The van der Waals surface area contributed by atoms with E-state index in [1.54, 1.807) is 18.4 Å². The second-order valence-electron chi connectivity index (χ2n) is 8.09. The number of aromatic nitrogens is 4. The lowest BCUT2D eigenvalue weighted by atomic mass is 10.1. The lowest BCUT2D eigenvalue weighted by molar-refractivity contribution is -0.128. The Bertz CT molecular complexity index is 1190. The number of benzene rings is 1. The summed E-state index contributed by atoms with van der Waals surface area (Å²) in [6.45, 7) is 5.06. The van der Waals surface area contributed by atoms with Crippen LogP contribution >= 0.6 is 0 Å². The van der Waals surface area contributed by atoms with Gasteiger partial charge in [-0.15, -0.1) is 0 Å². The molecule has 4 heterocycles. The van der Waals surface area contributed by atoms with E-state index in [2.05, 4.69) is 20.3 Å². The highest BCUT2D eigenvalue weighted by atomic mass is 16.5. The monoisotopic (exact) mass is 433 g/mol. The van der Waals surface area contributed by atoms with Gasteiger partial charge in [-0.05, 0) is 43.7 Å². The highest BCUT2D eigenvalue weighted by molar-refractivity contribution is 5.79. The summed E-state index contributed by atoms with van der Waals surface area (Å²) < 4.78 is 16.4. The maximum Gasteiger partial charge on any atom is 0.275 e. The predicted octanol–water partition coefficient (Wildman–Crippen LogP) is 4.02. The Balaban J connectivity index is 1.24. The minimum atomic E-state index is -0.115. The van der Waals surface area contributed by atoms with Gasteiger partial charge in [0, 0.05) is 31.5 Å². The first-order chi connectivity index (χ1) is 15.5. The highest BCUT2D eigenvalue weighted by Gasteiger charge is 2.34. The van der Waals surface area contributed by atoms with Crippen LogP contribution in [-0.2, 0) is 11.3 Å². The van der Waals surface area contributed by atoms with Crippen LogP contribution in [0.4, 0.5) is 0 Å². The molecule has 0 radical (unpaired) electrons. The molecule has 1 saturated heterocycles. The zero-order valence-corrected chi connectivity index (χ0v) is 17.8. The molecule has 4 aromatic rings. The van der Waals surface area contributed by atoms with Gasteiger partial charge in [0.1, 0.15) is 17.1 Å². The number of likely N-dealkylation sites (tertiary alicyclic amines) is 1. The number of H-pyrrole nitrogens is 1. The summed E-state index contributed by atoms with van der Waals surface area (Å²) in [5, 5.41) is 11.2. The van der Waals surface area contributed by atoms with Crippen molar-refractivity contribution in [2.45, 2.75) is 38.8 Å². The largest absolute Gasteiger partial charge is 0.491 e. The van der Waals surface area contributed by atoms with Gasteiger partial charge < -0.3 is 18.6 Å². The molecule has 9 nitrogen and oxygen atoms in total. The zero-order chi connectivity index (χ0) is 22.1. The number of hydrogen-bond donors (Lipinski definition) is 1. The SMILES string of the molecule is CC(C)Oc1ccc(CN2CC(c3noc(-c4cc(-c5ccco5)n[nH]4)n3)CC2=O)cc1. The molecular formula is C23H23N5O4. The number of hydrogen-bond acceptors (Lipinski definition) is 7. The first kappa shape index (κ1) is 20.0. The first-order valence-electron chi connectivity index (χ1n) is 10.5. The fourth-order valence-corrected chi connectivity index (χ4v) is 3.76. The second kappa shape index (κ2) is 8.33. The van der Waals surface area contributed by atoms with Crippen molar-refractivity contribution in [3.05, 3.63) is 60.1 Å². The standard InChI is InChI=1S/C23H23N5O4/c1-14(2)31-17-7-5-15(6-8-17)12-28-13-16(10-21(28)29)22-24-23(32-27-22)19-11-18(25-26-19)20-4-3-9-30-20/h3-9,11,14,16H,10,12-13H2,1-2H3,(H,25,26). The summed E-state index contributed by atoms with van der Waals surface area (Å²) in [6, 6.07) is 13.2. The number of carbonyl (C=O) groups is 1. The van der Waals surface area contributed by atoms with Crippen molar-refractivity contribution in [1.29, 1.82) is 0 Å². The summed E-state index contributed by atoms with van der Waals surface area (Å²) in [6.07, 6.45) is 2.07. The molecule has 0 bridgehead atoms. The number of carbonyl (C=O) groups excluding carboxylic acids is 1. The van der Waals surface area contributed by atoms with Gasteiger partial charge in [-0.25, -0.2) is 0 Å². The summed E-state index contributed by atoms with van der Waals surface area (Å²) in [7, 11) is 0. The van der Waals surface area contributed by atoms with Crippen LogP contribution in [0.25, 0.3) is 23.0 Å². The van der Waals surface area contributed by atoms with Crippen molar-refractivity contribution in [2.75, 3.05) is 6.54 Å². The number of nitrogens with one attached hydrogen (secondary N) is 1. The number of rotatable bonds is 7. The fraction of sp³-hybridized carbons (Fsp3) is 0.304. The van der Waals surface area contributed by atoms with E-state index in [0.717, 1.165) is 11.3 Å². The highest BCUT2D eigenvalue weighted by Crippen LogP contribution is 2.30.